The number of ether oxygens (including phenoxy) is 1. The Kier molecular flexibility index (Phi) is 5.00. The number of nitrogens with one attached hydrogen (secondary N) is 1. The van der Waals surface area contributed by atoms with E-state index in [1.165, 1.54) is 12.8 Å². The van der Waals surface area contributed by atoms with Gasteiger partial charge in [0, 0.05) is 23.3 Å². The van der Waals surface area contributed by atoms with Crippen molar-refractivity contribution in [2.24, 2.45) is 0 Å². The van der Waals surface area contributed by atoms with Crippen molar-refractivity contribution < 1.29 is 4.74 Å². The Balaban J connectivity index is 1.38. The van der Waals surface area contributed by atoms with Gasteiger partial charge in [0.25, 0.3) is 0 Å². The van der Waals surface area contributed by atoms with Crippen LogP contribution in [0.5, 0.6) is 0 Å². The summed E-state index contributed by atoms with van der Waals surface area (Å²) in [4.78, 5) is 0. The average Bonchev–Trinajstić information content (AvgIpc) is 3.22. The highest BCUT2D eigenvalue weighted by molar-refractivity contribution is 9.10. The van der Waals surface area contributed by atoms with Gasteiger partial charge in [-0.3, -0.25) is 0 Å². The number of aromatic nitrogens is 3. The normalized spacial score (nSPS) is 14.5. The van der Waals surface area contributed by atoms with E-state index in [4.69, 9.17) is 4.74 Å². The summed E-state index contributed by atoms with van der Waals surface area (Å²) in [6, 6.07) is 8.79. The second-order valence-electron chi connectivity index (χ2n) is 5.27. The summed E-state index contributed by atoms with van der Waals surface area (Å²) in [5, 5.41) is 11.7. The van der Waals surface area contributed by atoms with Crippen LogP contribution in [0.15, 0.2) is 34.9 Å². The third-order valence-electron chi connectivity index (χ3n) is 3.42. The Morgan fingerprint density at radius 2 is 2.19 bits per heavy atom. The van der Waals surface area contributed by atoms with Crippen LogP contribution in [0, 0.1) is 0 Å². The number of hydrogen-bond donors (Lipinski definition) is 1. The summed E-state index contributed by atoms with van der Waals surface area (Å²) in [6.45, 7) is 2.76. The van der Waals surface area contributed by atoms with Crippen LogP contribution in [0.2, 0.25) is 0 Å². The maximum absolute atomic E-state index is 5.69. The summed E-state index contributed by atoms with van der Waals surface area (Å²) < 4.78 is 8.61. The molecule has 6 heteroatoms. The molecule has 2 aromatic rings. The smallest absolute Gasteiger partial charge is 0.0964 e. The minimum Gasteiger partial charge on any atom is -0.375 e. The molecule has 5 nitrogen and oxygen atoms in total. The van der Waals surface area contributed by atoms with Crippen molar-refractivity contribution in [1.82, 2.24) is 20.3 Å². The van der Waals surface area contributed by atoms with Gasteiger partial charge in [0.2, 0.25) is 0 Å². The van der Waals surface area contributed by atoms with E-state index in [9.17, 15) is 0 Å². The van der Waals surface area contributed by atoms with Crippen LogP contribution in [0.3, 0.4) is 0 Å². The molecular formula is C15H19BrN4O. The molecule has 1 aromatic carbocycles. The minimum absolute atomic E-state index is 0.603. The maximum atomic E-state index is 5.69. The standard InChI is InChI=1S/C15H19BrN4O/c16-15-4-2-1-3-12(15)11-21-8-7-20-10-14(18-19-20)9-17-13-5-6-13/h1-4,10,13,17H,5-9,11H2. The molecule has 3 rings (SSSR count). The van der Waals surface area contributed by atoms with Gasteiger partial charge in [-0.05, 0) is 24.5 Å². The Morgan fingerprint density at radius 1 is 1.33 bits per heavy atom. The number of hydrogen-bond acceptors (Lipinski definition) is 4. The molecule has 0 radical (unpaired) electrons. The first-order valence-electron chi connectivity index (χ1n) is 7.25. The molecule has 0 atom stereocenters. The highest BCUT2D eigenvalue weighted by Gasteiger charge is 2.20. The van der Waals surface area contributed by atoms with E-state index < -0.39 is 0 Å². The molecule has 1 fully saturated rings. The van der Waals surface area contributed by atoms with Crippen molar-refractivity contribution in [1.29, 1.82) is 0 Å². The lowest BCUT2D eigenvalue weighted by molar-refractivity contribution is 0.110. The summed E-state index contributed by atoms with van der Waals surface area (Å²) in [5.74, 6) is 0. The fourth-order valence-corrected chi connectivity index (χ4v) is 2.42. The lowest BCUT2D eigenvalue weighted by atomic mass is 10.2. The Morgan fingerprint density at radius 3 is 3.00 bits per heavy atom. The van der Waals surface area contributed by atoms with Gasteiger partial charge >= 0.3 is 0 Å². The number of nitrogens with zero attached hydrogens (tertiary/aromatic N) is 3. The number of benzene rings is 1. The van der Waals surface area contributed by atoms with E-state index in [2.05, 4.69) is 37.6 Å². The van der Waals surface area contributed by atoms with Crippen LogP contribution < -0.4 is 5.32 Å². The summed E-state index contributed by atoms with van der Waals surface area (Å²) in [7, 11) is 0. The van der Waals surface area contributed by atoms with Crippen molar-refractivity contribution >= 4 is 15.9 Å². The maximum Gasteiger partial charge on any atom is 0.0964 e. The van der Waals surface area contributed by atoms with Crippen molar-refractivity contribution in [3.05, 3.63) is 46.2 Å². The third-order valence-corrected chi connectivity index (χ3v) is 4.19. The first-order valence-corrected chi connectivity index (χ1v) is 8.04. The number of halogens is 1. The van der Waals surface area contributed by atoms with Crippen LogP contribution >= 0.6 is 15.9 Å². The molecule has 0 unspecified atom stereocenters. The molecule has 0 bridgehead atoms. The first kappa shape index (κ1) is 14.7. The van der Waals surface area contributed by atoms with E-state index in [0.29, 0.717) is 19.3 Å². The van der Waals surface area contributed by atoms with Crippen molar-refractivity contribution in [2.75, 3.05) is 6.61 Å². The molecule has 1 saturated carbocycles. The van der Waals surface area contributed by atoms with Gasteiger partial charge in [0.15, 0.2) is 0 Å². The van der Waals surface area contributed by atoms with Gasteiger partial charge in [0.05, 0.1) is 25.5 Å². The van der Waals surface area contributed by atoms with Gasteiger partial charge in [-0.25, -0.2) is 4.68 Å². The second-order valence-corrected chi connectivity index (χ2v) is 6.13. The van der Waals surface area contributed by atoms with E-state index in [0.717, 1.165) is 28.8 Å². The Labute approximate surface area is 132 Å². The Hall–Kier alpha value is -1.24. The quantitative estimate of drug-likeness (QED) is 0.743. The van der Waals surface area contributed by atoms with E-state index in [1.54, 1.807) is 0 Å². The highest BCUT2D eigenvalue weighted by atomic mass is 79.9. The van der Waals surface area contributed by atoms with Crippen LogP contribution in [-0.4, -0.2) is 27.6 Å². The van der Waals surface area contributed by atoms with E-state index >= 15 is 0 Å². The molecule has 21 heavy (non-hydrogen) atoms. The minimum atomic E-state index is 0.603. The molecule has 1 aromatic heterocycles. The van der Waals surface area contributed by atoms with Gasteiger partial charge < -0.3 is 10.1 Å². The molecule has 0 spiro atoms. The fraction of sp³-hybridized carbons (Fsp3) is 0.467. The van der Waals surface area contributed by atoms with Crippen molar-refractivity contribution in [3.8, 4) is 0 Å². The van der Waals surface area contributed by atoms with E-state index in [1.807, 2.05) is 29.1 Å². The molecule has 0 aliphatic heterocycles. The van der Waals surface area contributed by atoms with Crippen LogP contribution in [0.25, 0.3) is 0 Å². The summed E-state index contributed by atoms with van der Waals surface area (Å²) >= 11 is 3.52. The molecule has 112 valence electrons. The molecule has 0 saturated heterocycles. The van der Waals surface area contributed by atoms with Crippen molar-refractivity contribution in [3.63, 3.8) is 0 Å². The van der Waals surface area contributed by atoms with Gasteiger partial charge in [-0.2, -0.15) is 0 Å². The molecular weight excluding hydrogens is 332 g/mol. The van der Waals surface area contributed by atoms with E-state index in [-0.39, 0.29) is 0 Å². The zero-order valence-electron chi connectivity index (χ0n) is 11.8. The molecule has 1 aliphatic rings. The predicted octanol–water partition coefficient (Wildman–Crippen LogP) is 2.51. The van der Waals surface area contributed by atoms with Gasteiger partial charge in [0.1, 0.15) is 0 Å². The second kappa shape index (κ2) is 7.15. The average molecular weight is 351 g/mol. The zero-order chi connectivity index (χ0) is 14.5. The predicted molar refractivity (Wildman–Crippen MR) is 83.7 cm³/mol. The summed E-state index contributed by atoms with van der Waals surface area (Å²) in [5.41, 5.74) is 2.15. The zero-order valence-corrected chi connectivity index (χ0v) is 13.4. The molecule has 1 heterocycles. The van der Waals surface area contributed by atoms with Gasteiger partial charge in [-0.15, -0.1) is 5.10 Å². The summed E-state index contributed by atoms with van der Waals surface area (Å²) in [6.07, 6.45) is 4.56. The van der Waals surface area contributed by atoms with Gasteiger partial charge in [-0.1, -0.05) is 39.3 Å². The third kappa shape index (κ3) is 4.62. The molecule has 1 N–H and O–H groups in total. The highest BCUT2D eigenvalue weighted by Crippen LogP contribution is 2.19. The lowest BCUT2D eigenvalue weighted by Crippen LogP contribution is -2.15. The van der Waals surface area contributed by atoms with Crippen LogP contribution in [0.4, 0.5) is 0 Å². The first-order chi connectivity index (χ1) is 10.3. The largest absolute Gasteiger partial charge is 0.375 e. The SMILES string of the molecule is Brc1ccccc1COCCn1cc(CNC2CC2)nn1. The molecule has 1 aliphatic carbocycles. The number of rotatable bonds is 8. The lowest BCUT2D eigenvalue weighted by Gasteiger charge is -2.06. The van der Waals surface area contributed by atoms with Crippen LogP contribution in [0.1, 0.15) is 24.1 Å². The Bertz CT molecular complexity index is 583. The van der Waals surface area contributed by atoms with Crippen LogP contribution in [-0.2, 0) is 24.4 Å². The van der Waals surface area contributed by atoms with Crippen molar-refractivity contribution in [2.45, 2.75) is 38.6 Å². The molecule has 0 amide bonds. The topological polar surface area (TPSA) is 52.0 Å². The monoisotopic (exact) mass is 350 g/mol. The fourth-order valence-electron chi connectivity index (χ4n) is 2.02.